The zero-order valence-corrected chi connectivity index (χ0v) is 38.2. The van der Waals surface area contributed by atoms with Crippen LogP contribution in [0.4, 0.5) is 20.2 Å². The molecule has 2 saturated heterocycles. The van der Waals surface area contributed by atoms with Crippen LogP contribution in [0.5, 0.6) is 0 Å². The van der Waals surface area contributed by atoms with Crippen LogP contribution in [-0.4, -0.2) is 102 Å². The molecule has 0 spiro atoms. The van der Waals surface area contributed by atoms with Crippen molar-refractivity contribution in [1.82, 2.24) is 14.5 Å². The van der Waals surface area contributed by atoms with Crippen molar-refractivity contribution in [3.05, 3.63) is 118 Å². The molecule has 7 rings (SSSR count). The summed E-state index contributed by atoms with van der Waals surface area (Å²) >= 11 is 14.3. The Morgan fingerprint density at radius 3 is 2.11 bits per heavy atom. The lowest BCUT2D eigenvalue weighted by Gasteiger charge is -2.37. The van der Waals surface area contributed by atoms with Gasteiger partial charge in [-0.15, -0.1) is 11.8 Å². The SMILES string of the molecule is O=C(NS(=O)(=O)c1ccc(N[C@H](CCN2CCCC2)CSc2ccccc2)c(Cl)c1S(=O)(=O)C(F)F)c1ccc(N2CCN(CC3=C(c4ccc(Cl)cc4)CCCC3)CC2)cc1. The van der Waals surface area contributed by atoms with Crippen LogP contribution in [0.15, 0.2) is 111 Å². The standard InChI is InChI=1S/C45H51Cl2F2N5O5S3/c46-35-16-12-32(13-17-35)39-11-5-4-8-34(39)30-53-26-28-54(29-27-53)37-18-14-33(15-19-37)44(55)51-62(58,59)41-21-20-40(42(47)43(41)61(56,57)45(48)49)50-36(22-25-52-23-6-7-24-52)31-60-38-9-2-1-3-10-38/h1-3,9-10,12-21,36,45,50H,4-8,11,22-31H2,(H,51,55)/t36-/m1/s1. The number of nitrogens with one attached hydrogen (secondary N) is 2. The second-order valence-electron chi connectivity index (χ2n) is 15.9. The van der Waals surface area contributed by atoms with E-state index in [9.17, 15) is 30.4 Å². The maximum Gasteiger partial charge on any atom is 0.341 e. The summed E-state index contributed by atoms with van der Waals surface area (Å²) in [5.41, 5.74) is 4.93. The van der Waals surface area contributed by atoms with E-state index in [1.165, 1.54) is 47.8 Å². The maximum atomic E-state index is 14.2. The molecular weight excluding hydrogens is 896 g/mol. The highest BCUT2D eigenvalue weighted by Gasteiger charge is 2.38. The first-order valence-electron chi connectivity index (χ1n) is 20.9. The smallest absolute Gasteiger partial charge is 0.341 e. The van der Waals surface area contributed by atoms with E-state index in [2.05, 4.69) is 32.1 Å². The average molecular weight is 947 g/mol. The number of alkyl halides is 2. The molecular formula is C45H51Cl2F2N5O5S3. The molecule has 0 aromatic heterocycles. The number of thioether (sulfide) groups is 1. The van der Waals surface area contributed by atoms with E-state index < -0.39 is 46.3 Å². The van der Waals surface area contributed by atoms with Crippen molar-refractivity contribution in [2.45, 2.75) is 71.4 Å². The number of likely N-dealkylation sites (tertiary alicyclic amines) is 1. The molecule has 4 aromatic rings. The van der Waals surface area contributed by atoms with Gasteiger partial charge in [-0.2, -0.15) is 8.78 Å². The topological polar surface area (TPSA) is 119 Å². The average Bonchev–Trinajstić information content (AvgIpc) is 3.80. The second kappa shape index (κ2) is 20.9. The highest BCUT2D eigenvalue weighted by Crippen LogP contribution is 2.39. The van der Waals surface area contributed by atoms with Gasteiger partial charge in [-0.25, -0.2) is 21.6 Å². The summed E-state index contributed by atoms with van der Waals surface area (Å²) in [6, 6.07) is 26.0. The molecule has 1 atom stereocenters. The van der Waals surface area contributed by atoms with Gasteiger partial charge in [-0.1, -0.05) is 59.1 Å². The molecule has 2 aliphatic heterocycles. The Morgan fingerprint density at radius 2 is 1.44 bits per heavy atom. The Morgan fingerprint density at radius 1 is 0.758 bits per heavy atom. The minimum Gasteiger partial charge on any atom is -0.380 e. The summed E-state index contributed by atoms with van der Waals surface area (Å²) in [6.45, 7) is 6.75. The fourth-order valence-corrected chi connectivity index (χ4v) is 12.7. The van der Waals surface area contributed by atoms with Crippen molar-refractivity contribution in [3.63, 3.8) is 0 Å². The fourth-order valence-electron chi connectivity index (χ4n) is 8.33. The third-order valence-electron chi connectivity index (χ3n) is 11.7. The Balaban J connectivity index is 1.02. The number of hydrogen-bond donors (Lipinski definition) is 2. The predicted molar refractivity (Wildman–Crippen MR) is 246 cm³/mol. The van der Waals surface area contributed by atoms with Crippen LogP contribution in [0.2, 0.25) is 10.0 Å². The first kappa shape index (κ1) is 46.3. The maximum absolute atomic E-state index is 14.2. The van der Waals surface area contributed by atoms with Gasteiger partial charge in [-0.05, 0) is 130 Å². The summed E-state index contributed by atoms with van der Waals surface area (Å²) < 4.78 is 84.1. The fraction of sp³-hybridized carbons (Fsp3) is 0.400. The number of sulfonamides is 1. The summed E-state index contributed by atoms with van der Waals surface area (Å²) in [7, 11) is -10.6. The minimum absolute atomic E-state index is 0.0126. The lowest BCUT2D eigenvalue weighted by atomic mass is 9.87. The lowest BCUT2D eigenvalue weighted by molar-refractivity contribution is 0.0981. The number of carbonyl (C=O) groups is 1. The van der Waals surface area contributed by atoms with Crippen molar-refractivity contribution >= 4 is 77.7 Å². The van der Waals surface area contributed by atoms with Gasteiger partial charge in [0.1, 0.15) is 9.79 Å². The number of anilines is 2. The van der Waals surface area contributed by atoms with Crippen molar-refractivity contribution in [3.8, 4) is 0 Å². The van der Waals surface area contributed by atoms with E-state index in [1.54, 1.807) is 23.9 Å². The van der Waals surface area contributed by atoms with Gasteiger partial charge >= 0.3 is 5.76 Å². The highest BCUT2D eigenvalue weighted by molar-refractivity contribution is 7.99. The molecule has 2 fully saturated rings. The number of piperazine rings is 1. The number of hydrogen-bond acceptors (Lipinski definition) is 10. The van der Waals surface area contributed by atoms with Gasteiger partial charge < -0.3 is 15.1 Å². The molecule has 62 heavy (non-hydrogen) atoms. The van der Waals surface area contributed by atoms with Gasteiger partial charge in [0.15, 0.2) is 0 Å². The number of sulfone groups is 1. The number of nitrogens with zero attached hydrogens (tertiary/aromatic N) is 3. The molecule has 2 heterocycles. The van der Waals surface area contributed by atoms with Crippen LogP contribution in [0.25, 0.3) is 5.57 Å². The molecule has 0 bridgehead atoms. The number of rotatable bonds is 17. The van der Waals surface area contributed by atoms with E-state index in [4.69, 9.17) is 23.2 Å². The summed E-state index contributed by atoms with van der Waals surface area (Å²) in [4.78, 5) is 19.0. The molecule has 1 aliphatic carbocycles. The number of amides is 1. The summed E-state index contributed by atoms with van der Waals surface area (Å²) in [5.74, 6) is -4.51. The molecule has 0 radical (unpaired) electrons. The van der Waals surface area contributed by atoms with E-state index in [-0.39, 0.29) is 17.3 Å². The molecule has 332 valence electrons. The molecule has 17 heteroatoms. The number of carbonyl (C=O) groups excluding carboxylic acids is 1. The van der Waals surface area contributed by atoms with E-state index in [0.717, 1.165) is 99.7 Å². The Labute approximate surface area is 378 Å². The van der Waals surface area contributed by atoms with E-state index in [1.807, 2.05) is 47.2 Å². The molecule has 0 unspecified atom stereocenters. The Kier molecular flexibility index (Phi) is 15.6. The van der Waals surface area contributed by atoms with Crippen molar-refractivity contribution in [2.24, 2.45) is 0 Å². The summed E-state index contributed by atoms with van der Waals surface area (Å²) in [5, 5.41) is 3.24. The molecule has 1 amide bonds. The van der Waals surface area contributed by atoms with Crippen LogP contribution in [-0.2, 0) is 19.9 Å². The minimum atomic E-state index is -5.57. The zero-order chi connectivity index (χ0) is 43.9. The van der Waals surface area contributed by atoms with Gasteiger partial charge in [0, 0.05) is 72.2 Å². The summed E-state index contributed by atoms with van der Waals surface area (Å²) in [6.07, 6.45) is 7.30. The monoisotopic (exact) mass is 945 g/mol. The molecule has 3 aliphatic rings. The lowest BCUT2D eigenvalue weighted by Crippen LogP contribution is -2.47. The Hall–Kier alpha value is -3.70. The van der Waals surface area contributed by atoms with Crippen molar-refractivity contribution in [1.29, 1.82) is 0 Å². The van der Waals surface area contributed by atoms with Crippen LogP contribution < -0.4 is 14.9 Å². The van der Waals surface area contributed by atoms with E-state index >= 15 is 0 Å². The zero-order valence-electron chi connectivity index (χ0n) is 34.2. The second-order valence-corrected chi connectivity index (χ2v) is 21.3. The van der Waals surface area contributed by atoms with Gasteiger partial charge in [0.2, 0.25) is 9.84 Å². The van der Waals surface area contributed by atoms with Crippen LogP contribution in [0, 0.1) is 0 Å². The third kappa shape index (κ3) is 11.5. The first-order chi connectivity index (χ1) is 29.8. The van der Waals surface area contributed by atoms with Gasteiger partial charge in [-0.3, -0.25) is 9.69 Å². The van der Waals surface area contributed by atoms with Gasteiger partial charge in [0.05, 0.1) is 10.7 Å². The first-order valence-corrected chi connectivity index (χ1v) is 25.7. The van der Waals surface area contributed by atoms with Crippen molar-refractivity contribution < 1.29 is 30.4 Å². The van der Waals surface area contributed by atoms with Crippen LogP contribution in [0.3, 0.4) is 0 Å². The largest absolute Gasteiger partial charge is 0.380 e. The molecule has 2 N–H and O–H groups in total. The third-order valence-corrected chi connectivity index (χ3v) is 16.6. The number of halogens is 4. The molecule has 10 nitrogen and oxygen atoms in total. The molecule has 0 saturated carbocycles. The number of allylic oxidation sites excluding steroid dienone is 1. The predicted octanol–water partition coefficient (Wildman–Crippen LogP) is 9.32. The van der Waals surface area contributed by atoms with Crippen LogP contribution in [0.1, 0.15) is 60.9 Å². The quantitative estimate of drug-likeness (QED) is 0.0993. The normalized spacial score (nSPS) is 17.4. The van der Waals surface area contributed by atoms with E-state index in [0.29, 0.717) is 12.2 Å². The van der Waals surface area contributed by atoms with Gasteiger partial charge in [0.25, 0.3) is 15.9 Å². The van der Waals surface area contributed by atoms with Crippen molar-refractivity contribution in [2.75, 3.05) is 68.3 Å². The Bertz CT molecular complexity index is 2430. The van der Waals surface area contributed by atoms with Crippen LogP contribution >= 0.6 is 35.0 Å². The highest BCUT2D eigenvalue weighted by atomic mass is 35.5. The number of benzene rings is 4. The molecule has 4 aromatic carbocycles.